The number of aromatic nitrogens is 1. The van der Waals surface area contributed by atoms with Crippen LogP contribution in [0.3, 0.4) is 0 Å². The molecule has 0 bridgehead atoms. The molecule has 0 spiro atoms. The predicted octanol–water partition coefficient (Wildman–Crippen LogP) is 2.32. The Hall–Kier alpha value is -1.29. The molecule has 0 aliphatic carbocycles. The van der Waals surface area contributed by atoms with Gasteiger partial charge in [-0.3, -0.25) is 0 Å². The molecule has 0 saturated carbocycles. The highest BCUT2D eigenvalue weighted by atomic mass is 16.5. The highest BCUT2D eigenvalue weighted by molar-refractivity contribution is 5.49. The maximum Gasteiger partial charge on any atom is 0.168 e. The van der Waals surface area contributed by atoms with E-state index in [9.17, 15) is 0 Å². The van der Waals surface area contributed by atoms with E-state index in [-0.39, 0.29) is 6.10 Å². The third-order valence-electron chi connectivity index (χ3n) is 2.19. The maximum atomic E-state index is 5.59. The van der Waals surface area contributed by atoms with E-state index >= 15 is 0 Å². The molecule has 1 heterocycles. The van der Waals surface area contributed by atoms with Crippen molar-refractivity contribution in [1.29, 1.82) is 0 Å². The second-order valence-electron chi connectivity index (χ2n) is 3.63. The summed E-state index contributed by atoms with van der Waals surface area (Å²) < 4.78 is 10.7. The van der Waals surface area contributed by atoms with Gasteiger partial charge < -0.3 is 14.8 Å². The molecule has 1 N–H and O–H groups in total. The highest BCUT2D eigenvalue weighted by Crippen LogP contribution is 2.20. The summed E-state index contributed by atoms with van der Waals surface area (Å²) >= 11 is 0. The van der Waals surface area contributed by atoms with Gasteiger partial charge in [-0.15, -0.1) is 0 Å². The standard InChI is InChI=1S/C12H20N2O2/c1-4-8-16-11-6-5-7-13-12(11)14-9-10(2)15-3/h5-7,10H,4,8-9H2,1-3H3,(H,13,14). The van der Waals surface area contributed by atoms with Crippen molar-refractivity contribution in [2.45, 2.75) is 26.4 Å². The number of nitrogens with one attached hydrogen (secondary N) is 1. The van der Waals surface area contributed by atoms with E-state index < -0.39 is 0 Å². The highest BCUT2D eigenvalue weighted by Gasteiger charge is 2.05. The van der Waals surface area contributed by atoms with Gasteiger partial charge in [0.15, 0.2) is 11.6 Å². The maximum absolute atomic E-state index is 5.59. The molecule has 0 aliphatic heterocycles. The number of anilines is 1. The third-order valence-corrected chi connectivity index (χ3v) is 2.19. The Labute approximate surface area is 97.0 Å². The van der Waals surface area contributed by atoms with Gasteiger partial charge in [0.05, 0.1) is 12.7 Å². The van der Waals surface area contributed by atoms with E-state index in [0.717, 1.165) is 24.5 Å². The molecule has 0 fully saturated rings. The van der Waals surface area contributed by atoms with Crippen LogP contribution in [0.15, 0.2) is 18.3 Å². The fourth-order valence-corrected chi connectivity index (χ4v) is 1.18. The molecule has 16 heavy (non-hydrogen) atoms. The number of methoxy groups -OCH3 is 1. The Morgan fingerprint density at radius 2 is 2.31 bits per heavy atom. The van der Waals surface area contributed by atoms with Crippen LogP contribution in [-0.4, -0.2) is 31.3 Å². The van der Waals surface area contributed by atoms with E-state index in [4.69, 9.17) is 9.47 Å². The van der Waals surface area contributed by atoms with Crippen molar-refractivity contribution in [2.24, 2.45) is 0 Å². The number of nitrogens with zero attached hydrogens (tertiary/aromatic N) is 1. The van der Waals surface area contributed by atoms with Gasteiger partial charge >= 0.3 is 0 Å². The summed E-state index contributed by atoms with van der Waals surface area (Å²) in [7, 11) is 1.69. The largest absolute Gasteiger partial charge is 0.490 e. The average Bonchev–Trinajstić information content (AvgIpc) is 2.34. The topological polar surface area (TPSA) is 43.4 Å². The third kappa shape index (κ3) is 4.06. The van der Waals surface area contributed by atoms with E-state index in [1.165, 1.54) is 0 Å². The van der Waals surface area contributed by atoms with Crippen LogP contribution in [0.2, 0.25) is 0 Å². The van der Waals surface area contributed by atoms with Gasteiger partial charge in [0.1, 0.15) is 0 Å². The lowest BCUT2D eigenvalue weighted by atomic mass is 10.3. The summed E-state index contributed by atoms with van der Waals surface area (Å²) in [4.78, 5) is 4.25. The summed E-state index contributed by atoms with van der Waals surface area (Å²) in [6.45, 7) is 5.51. The smallest absolute Gasteiger partial charge is 0.168 e. The van der Waals surface area contributed by atoms with Gasteiger partial charge in [0.25, 0.3) is 0 Å². The minimum Gasteiger partial charge on any atom is -0.490 e. The first-order valence-corrected chi connectivity index (χ1v) is 5.62. The number of pyridine rings is 1. The molecule has 0 amide bonds. The van der Waals surface area contributed by atoms with E-state index in [1.54, 1.807) is 13.3 Å². The van der Waals surface area contributed by atoms with Crippen LogP contribution in [0.5, 0.6) is 5.75 Å². The molecule has 1 aromatic rings. The lowest BCUT2D eigenvalue weighted by Crippen LogP contribution is -2.19. The summed E-state index contributed by atoms with van der Waals surface area (Å²) in [5.74, 6) is 1.58. The van der Waals surface area contributed by atoms with Crippen molar-refractivity contribution in [3.63, 3.8) is 0 Å². The fourth-order valence-electron chi connectivity index (χ4n) is 1.18. The number of ether oxygens (including phenoxy) is 2. The zero-order valence-corrected chi connectivity index (χ0v) is 10.2. The molecule has 0 radical (unpaired) electrons. The summed E-state index contributed by atoms with van der Waals surface area (Å²) in [6, 6.07) is 3.79. The van der Waals surface area contributed by atoms with Crippen LogP contribution in [0, 0.1) is 0 Å². The van der Waals surface area contributed by atoms with Crippen molar-refractivity contribution in [1.82, 2.24) is 4.98 Å². The van der Waals surface area contributed by atoms with Gasteiger partial charge in [-0.1, -0.05) is 6.92 Å². The Morgan fingerprint density at radius 3 is 3.00 bits per heavy atom. The van der Waals surface area contributed by atoms with Crippen LogP contribution in [0.4, 0.5) is 5.82 Å². The van der Waals surface area contributed by atoms with Crippen molar-refractivity contribution < 1.29 is 9.47 Å². The quantitative estimate of drug-likeness (QED) is 0.772. The van der Waals surface area contributed by atoms with E-state index in [0.29, 0.717) is 6.61 Å². The zero-order valence-electron chi connectivity index (χ0n) is 10.2. The molecule has 1 rings (SSSR count). The molecule has 4 nitrogen and oxygen atoms in total. The predicted molar refractivity (Wildman–Crippen MR) is 65.0 cm³/mol. The lowest BCUT2D eigenvalue weighted by Gasteiger charge is -2.14. The molecule has 0 aliphatic rings. The second kappa shape index (κ2) is 7.06. The SMILES string of the molecule is CCCOc1cccnc1NCC(C)OC. The van der Waals surface area contributed by atoms with Gasteiger partial charge in [0.2, 0.25) is 0 Å². The molecule has 1 unspecified atom stereocenters. The number of hydrogen-bond acceptors (Lipinski definition) is 4. The van der Waals surface area contributed by atoms with Crippen LogP contribution in [0.25, 0.3) is 0 Å². The van der Waals surface area contributed by atoms with Gasteiger partial charge in [0, 0.05) is 19.9 Å². The van der Waals surface area contributed by atoms with Gasteiger partial charge in [-0.05, 0) is 25.5 Å². The number of rotatable bonds is 7. The van der Waals surface area contributed by atoms with Crippen LogP contribution in [-0.2, 0) is 4.74 Å². The minimum atomic E-state index is 0.154. The summed E-state index contributed by atoms with van der Waals surface area (Å²) in [5, 5.41) is 3.21. The molecule has 4 heteroatoms. The Kier molecular flexibility index (Phi) is 5.64. The fraction of sp³-hybridized carbons (Fsp3) is 0.583. The molecule has 0 saturated heterocycles. The Bertz CT molecular complexity index is 305. The van der Waals surface area contributed by atoms with Crippen LogP contribution >= 0.6 is 0 Å². The summed E-state index contributed by atoms with van der Waals surface area (Å²) in [5.41, 5.74) is 0. The number of hydrogen-bond donors (Lipinski definition) is 1. The first-order chi connectivity index (χ1) is 7.77. The van der Waals surface area contributed by atoms with Gasteiger partial charge in [-0.25, -0.2) is 4.98 Å². The summed E-state index contributed by atoms with van der Waals surface area (Å²) in [6.07, 6.45) is 2.89. The normalized spacial score (nSPS) is 12.2. The molecule has 1 atom stereocenters. The first kappa shape index (κ1) is 12.8. The monoisotopic (exact) mass is 224 g/mol. The van der Waals surface area contributed by atoms with E-state index in [2.05, 4.69) is 17.2 Å². The van der Waals surface area contributed by atoms with Crippen molar-refractivity contribution in [2.75, 3.05) is 25.6 Å². The first-order valence-electron chi connectivity index (χ1n) is 5.62. The molecule has 90 valence electrons. The van der Waals surface area contributed by atoms with Crippen molar-refractivity contribution in [3.8, 4) is 5.75 Å². The van der Waals surface area contributed by atoms with Crippen LogP contribution in [0.1, 0.15) is 20.3 Å². The minimum absolute atomic E-state index is 0.154. The Morgan fingerprint density at radius 1 is 1.50 bits per heavy atom. The van der Waals surface area contributed by atoms with E-state index in [1.807, 2.05) is 19.1 Å². The van der Waals surface area contributed by atoms with Crippen molar-refractivity contribution in [3.05, 3.63) is 18.3 Å². The molecular weight excluding hydrogens is 204 g/mol. The van der Waals surface area contributed by atoms with Gasteiger partial charge in [-0.2, -0.15) is 0 Å². The lowest BCUT2D eigenvalue weighted by molar-refractivity contribution is 0.128. The van der Waals surface area contributed by atoms with Crippen molar-refractivity contribution >= 4 is 5.82 Å². The molecular formula is C12H20N2O2. The Balaban J connectivity index is 2.56. The average molecular weight is 224 g/mol. The second-order valence-corrected chi connectivity index (χ2v) is 3.63. The zero-order chi connectivity index (χ0) is 11.8. The van der Waals surface area contributed by atoms with Crippen LogP contribution < -0.4 is 10.1 Å². The molecule has 1 aromatic heterocycles. The molecule has 0 aromatic carbocycles.